The number of amides is 1. The Morgan fingerprint density at radius 2 is 1.90 bits per heavy atom. The van der Waals surface area contributed by atoms with Crippen LogP contribution in [0.4, 0.5) is 5.69 Å². The van der Waals surface area contributed by atoms with Crippen molar-refractivity contribution in [2.24, 2.45) is 5.92 Å². The summed E-state index contributed by atoms with van der Waals surface area (Å²) in [5.41, 5.74) is 1.42. The zero-order chi connectivity index (χ0) is 16.0. The van der Waals surface area contributed by atoms with Gasteiger partial charge in [0.25, 0.3) is 0 Å². The van der Waals surface area contributed by atoms with Gasteiger partial charge in [-0.3, -0.25) is 4.79 Å². The van der Waals surface area contributed by atoms with Gasteiger partial charge in [-0.25, -0.2) is 4.79 Å². The summed E-state index contributed by atoms with van der Waals surface area (Å²) >= 11 is 0. The molecule has 1 atom stereocenters. The molecule has 5 nitrogen and oxygen atoms in total. The minimum absolute atomic E-state index is 0.0606. The smallest absolute Gasteiger partial charge is 0.337 e. The average molecular weight is 293 g/mol. The number of nitrogens with one attached hydrogen (secondary N) is 1. The Morgan fingerprint density at radius 3 is 2.38 bits per heavy atom. The van der Waals surface area contributed by atoms with Crippen LogP contribution >= 0.6 is 0 Å². The van der Waals surface area contributed by atoms with Gasteiger partial charge < -0.3 is 15.2 Å². The van der Waals surface area contributed by atoms with E-state index in [0.717, 1.165) is 12.8 Å². The highest BCUT2D eigenvalue weighted by molar-refractivity contribution is 5.93. The SMILES string of the molecule is CCC(CC)C(O)c1cc(C(=O)OC)ccc1NC(C)=O. The van der Waals surface area contributed by atoms with E-state index in [1.807, 2.05) is 13.8 Å². The number of benzene rings is 1. The fourth-order valence-electron chi connectivity index (χ4n) is 2.34. The molecule has 0 heterocycles. The first-order valence-electron chi connectivity index (χ1n) is 7.12. The summed E-state index contributed by atoms with van der Waals surface area (Å²) in [6.45, 7) is 5.40. The number of hydrogen-bond acceptors (Lipinski definition) is 4. The Hall–Kier alpha value is -1.88. The summed E-state index contributed by atoms with van der Waals surface area (Å²) in [5, 5.41) is 13.2. The molecular weight excluding hydrogens is 270 g/mol. The molecule has 0 radical (unpaired) electrons. The lowest BCUT2D eigenvalue weighted by Gasteiger charge is -2.23. The third-order valence-corrected chi connectivity index (χ3v) is 3.60. The van der Waals surface area contributed by atoms with E-state index < -0.39 is 12.1 Å². The van der Waals surface area contributed by atoms with Crippen molar-refractivity contribution in [1.29, 1.82) is 0 Å². The molecule has 5 heteroatoms. The van der Waals surface area contributed by atoms with Crippen molar-refractivity contribution in [3.05, 3.63) is 29.3 Å². The number of carbonyl (C=O) groups excluding carboxylic acids is 2. The van der Waals surface area contributed by atoms with Crippen molar-refractivity contribution in [3.8, 4) is 0 Å². The Morgan fingerprint density at radius 1 is 1.29 bits per heavy atom. The number of aliphatic hydroxyl groups is 1. The Bertz CT molecular complexity index is 509. The molecule has 116 valence electrons. The molecule has 0 aliphatic heterocycles. The third-order valence-electron chi connectivity index (χ3n) is 3.60. The molecule has 0 aromatic heterocycles. The van der Waals surface area contributed by atoms with E-state index in [9.17, 15) is 14.7 Å². The number of carbonyl (C=O) groups is 2. The number of aliphatic hydroxyl groups excluding tert-OH is 1. The van der Waals surface area contributed by atoms with Crippen LogP contribution in [0.1, 0.15) is 55.6 Å². The number of methoxy groups -OCH3 is 1. The predicted octanol–water partition coefficient (Wildman–Crippen LogP) is 2.90. The van der Waals surface area contributed by atoms with E-state index in [1.54, 1.807) is 18.2 Å². The lowest BCUT2D eigenvalue weighted by atomic mass is 9.89. The first-order chi connectivity index (χ1) is 9.94. The number of esters is 1. The van der Waals surface area contributed by atoms with E-state index in [2.05, 4.69) is 5.32 Å². The van der Waals surface area contributed by atoms with Gasteiger partial charge in [0.1, 0.15) is 0 Å². The molecule has 0 saturated carbocycles. The molecule has 1 aromatic carbocycles. The maximum Gasteiger partial charge on any atom is 0.337 e. The molecule has 0 aliphatic carbocycles. The molecule has 1 aromatic rings. The van der Waals surface area contributed by atoms with E-state index in [1.165, 1.54) is 14.0 Å². The maximum atomic E-state index is 11.6. The quantitative estimate of drug-likeness (QED) is 0.791. The lowest BCUT2D eigenvalue weighted by Crippen LogP contribution is -2.16. The van der Waals surface area contributed by atoms with Crippen LogP contribution in [0, 0.1) is 5.92 Å². The Balaban J connectivity index is 3.27. The van der Waals surface area contributed by atoms with Gasteiger partial charge in [-0.2, -0.15) is 0 Å². The van der Waals surface area contributed by atoms with Crippen molar-refractivity contribution in [3.63, 3.8) is 0 Å². The van der Waals surface area contributed by atoms with Crippen LogP contribution in [0.5, 0.6) is 0 Å². The van der Waals surface area contributed by atoms with Gasteiger partial charge >= 0.3 is 5.97 Å². The molecule has 1 amide bonds. The summed E-state index contributed by atoms with van der Waals surface area (Å²) in [7, 11) is 1.31. The predicted molar refractivity (Wildman–Crippen MR) is 81.1 cm³/mol. The molecule has 1 unspecified atom stereocenters. The van der Waals surface area contributed by atoms with Gasteiger partial charge in [0.2, 0.25) is 5.91 Å². The summed E-state index contributed by atoms with van der Waals surface area (Å²) in [6, 6.07) is 4.77. The van der Waals surface area contributed by atoms with Crippen LogP contribution in [0.2, 0.25) is 0 Å². The van der Waals surface area contributed by atoms with Crippen molar-refractivity contribution >= 4 is 17.6 Å². The normalized spacial score (nSPS) is 12.1. The van der Waals surface area contributed by atoms with Crippen LogP contribution < -0.4 is 5.32 Å². The molecule has 0 aliphatic rings. The van der Waals surface area contributed by atoms with Crippen LogP contribution in [-0.4, -0.2) is 24.1 Å². The highest BCUT2D eigenvalue weighted by atomic mass is 16.5. The molecule has 0 fully saturated rings. The molecule has 0 saturated heterocycles. The third kappa shape index (κ3) is 4.29. The highest BCUT2D eigenvalue weighted by Gasteiger charge is 2.22. The fourth-order valence-corrected chi connectivity index (χ4v) is 2.34. The topological polar surface area (TPSA) is 75.6 Å². The summed E-state index contributed by atoms with van der Waals surface area (Å²) in [6.07, 6.45) is 0.866. The van der Waals surface area contributed by atoms with Gasteiger partial charge in [-0.15, -0.1) is 0 Å². The molecule has 0 bridgehead atoms. The van der Waals surface area contributed by atoms with Crippen LogP contribution in [-0.2, 0) is 9.53 Å². The Kier molecular flexibility index (Phi) is 6.37. The first kappa shape index (κ1) is 17.2. The average Bonchev–Trinajstić information content (AvgIpc) is 2.47. The van der Waals surface area contributed by atoms with E-state index in [4.69, 9.17) is 4.74 Å². The zero-order valence-corrected chi connectivity index (χ0v) is 13.0. The minimum Gasteiger partial charge on any atom is -0.465 e. The lowest BCUT2D eigenvalue weighted by molar-refractivity contribution is -0.114. The molecule has 2 N–H and O–H groups in total. The van der Waals surface area contributed by atoms with Crippen LogP contribution in [0.15, 0.2) is 18.2 Å². The Labute approximate surface area is 125 Å². The van der Waals surface area contributed by atoms with Crippen LogP contribution in [0.3, 0.4) is 0 Å². The zero-order valence-electron chi connectivity index (χ0n) is 13.0. The summed E-state index contributed by atoms with van der Waals surface area (Å²) in [5.74, 6) is -0.633. The second-order valence-corrected chi connectivity index (χ2v) is 5.00. The molecule has 1 rings (SSSR count). The number of hydrogen-bond donors (Lipinski definition) is 2. The van der Waals surface area contributed by atoms with Crippen molar-refractivity contribution in [2.45, 2.75) is 39.7 Å². The first-order valence-corrected chi connectivity index (χ1v) is 7.12. The van der Waals surface area contributed by atoms with Gasteiger partial charge in [0.05, 0.1) is 18.8 Å². The van der Waals surface area contributed by atoms with Crippen LogP contribution in [0.25, 0.3) is 0 Å². The second kappa shape index (κ2) is 7.78. The largest absolute Gasteiger partial charge is 0.465 e. The summed E-state index contributed by atoms with van der Waals surface area (Å²) in [4.78, 5) is 22.9. The van der Waals surface area contributed by atoms with Gasteiger partial charge in [-0.05, 0) is 24.1 Å². The van der Waals surface area contributed by atoms with Crippen molar-refractivity contribution in [1.82, 2.24) is 0 Å². The van der Waals surface area contributed by atoms with Crippen molar-refractivity contribution in [2.75, 3.05) is 12.4 Å². The van der Waals surface area contributed by atoms with E-state index in [-0.39, 0.29) is 11.8 Å². The van der Waals surface area contributed by atoms with Gasteiger partial charge in [0.15, 0.2) is 0 Å². The highest BCUT2D eigenvalue weighted by Crippen LogP contribution is 2.33. The fraction of sp³-hybridized carbons (Fsp3) is 0.500. The maximum absolute atomic E-state index is 11.6. The van der Waals surface area contributed by atoms with Gasteiger partial charge in [0, 0.05) is 18.2 Å². The molecular formula is C16H23NO4. The molecule has 21 heavy (non-hydrogen) atoms. The standard InChI is InChI=1S/C16H23NO4/c1-5-11(6-2)15(19)13-9-12(16(20)21-4)7-8-14(13)17-10(3)18/h7-9,11,15,19H,5-6H2,1-4H3,(H,17,18). The van der Waals surface area contributed by atoms with E-state index >= 15 is 0 Å². The molecule has 0 spiro atoms. The van der Waals surface area contributed by atoms with Gasteiger partial charge in [-0.1, -0.05) is 26.7 Å². The minimum atomic E-state index is -0.744. The monoisotopic (exact) mass is 293 g/mol. The number of ether oxygens (including phenoxy) is 1. The van der Waals surface area contributed by atoms with Crippen molar-refractivity contribution < 1.29 is 19.4 Å². The number of rotatable bonds is 6. The number of anilines is 1. The second-order valence-electron chi connectivity index (χ2n) is 5.00. The van der Waals surface area contributed by atoms with E-state index in [0.29, 0.717) is 16.8 Å². The summed E-state index contributed by atoms with van der Waals surface area (Å²) < 4.78 is 4.70.